The number of sulfonamides is 1. The molecular weight excluding hydrogens is 318 g/mol. The van der Waals surface area contributed by atoms with Crippen molar-refractivity contribution < 1.29 is 17.8 Å². The zero-order chi connectivity index (χ0) is 17.2. The molecular formula is C14H20N5O3S+. The van der Waals surface area contributed by atoms with E-state index in [1.165, 1.54) is 23.1 Å². The molecule has 0 bridgehead atoms. The fraction of sp³-hybridized carbons (Fsp3) is 0.357. The van der Waals surface area contributed by atoms with E-state index in [0.717, 1.165) is 10.3 Å². The predicted octanol–water partition coefficient (Wildman–Crippen LogP) is 0.764. The van der Waals surface area contributed by atoms with Gasteiger partial charge >= 0.3 is 16.1 Å². The molecule has 0 spiro atoms. The maximum atomic E-state index is 12.2. The van der Waals surface area contributed by atoms with Crippen LogP contribution in [0.1, 0.15) is 19.9 Å². The van der Waals surface area contributed by atoms with Crippen LogP contribution in [0.15, 0.2) is 41.8 Å². The molecule has 2 rings (SSSR count). The molecule has 0 radical (unpaired) electrons. The lowest BCUT2D eigenvalue weighted by molar-refractivity contribution is -0.570. The number of pyridine rings is 1. The quantitative estimate of drug-likeness (QED) is 0.832. The average Bonchev–Trinajstić information content (AvgIpc) is 2.97. The van der Waals surface area contributed by atoms with Crippen molar-refractivity contribution in [1.82, 2.24) is 14.5 Å². The van der Waals surface area contributed by atoms with Gasteiger partial charge in [0, 0.05) is 44.2 Å². The molecule has 0 saturated carbocycles. The van der Waals surface area contributed by atoms with Crippen molar-refractivity contribution >= 4 is 21.7 Å². The fourth-order valence-corrected chi connectivity index (χ4v) is 2.71. The Bertz CT molecular complexity index is 794. The molecule has 0 aliphatic heterocycles. The van der Waals surface area contributed by atoms with Gasteiger partial charge in [0.1, 0.15) is 12.4 Å². The Kier molecular flexibility index (Phi) is 4.69. The molecule has 1 amide bonds. The van der Waals surface area contributed by atoms with Crippen molar-refractivity contribution in [1.29, 1.82) is 0 Å². The van der Waals surface area contributed by atoms with Crippen LogP contribution in [0.4, 0.5) is 10.5 Å². The van der Waals surface area contributed by atoms with Gasteiger partial charge in [-0.2, -0.15) is 22.9 Å². The lowest BCUT2D eigenvalue weighted by Gasteiger charge is -2.10. The van der Waals surface area contributed by atoms with E-state index < -0.39 is 16.1 Å². The van der Waals surface area contributed by atoms with Gasteiger partial charge < -0.3 is 4.90 Å². The van der Waals surface area contributed by atoms with Gasteiger partial charge in [-0.3, -0.25) is 4.68 Å². The number of carbonyl (C=O) groups is 1. The van der Waals surface area contributed by atoms with Crippen LogP contribution in [0.2, 0.25) is 0 Å². The first-order chi connectivity index (χ1) is 10.7. The van der Waals surface area contributed by atoms with Crippen molar-refractivity contribution in [2.45, 2.75) is 24.9 Å². The summed E-state index contributed by atoms with van der Waals surface area (Å²) in [4.78, 5) is 14.0. The van der Waals surface area contributed by atoms with Gasteiger partial charge in [-0.1, -0.05) is 0 Å². The Morgan fingerprint density at radius 3 is 2.35 bits per heavy atom. The third kappa shape index (κ3) is 3.86. The maximum Gasteiger partial charge on any atom is 0.511 e. The van der Waals surface area contributed by atoms with Crippen LogP contribution in [0.3, 0.4) is 0 Å². The van der Waals surface area contributed by atoms with Gasteiger partial charge in [0.2, 0.25) is 5.03 Å². The van der Waals surface area contributed by atoms with Crippen LogP contribution >= 0.6 is 0 Å². The molecule has 1 N–H and O–H groups in total. The minimum atomic E-state index is -4.01. The zero-order valence-electron chi connectivity index (χ0n) is 13.5. The average molecular weight is 338 g/mol. The van der Waals surface area contributed by atoms with Gasteiger partial charge in [0.15, 0.2) is 0 Å². The first-order valence-electron chi connectivity index (χ1n) is 7.01. The molecule has 23 heavy (non-hydrogen) atoms. The molecule has 2 aromatic rings. The Labute approximate surface area is 135 Å². The summed E-state index contributed by atoms with van der Waals surface area (Å²) in [7, 11) is -0.269. The van der Waals surface area contributed by atoms with E-state index in [0.29, 0.717) is 0 Å². The number of anilines is 1. The van der Waals surface area contributed by atoms with Crippen LogP contribution in [0, 0.1) is 0 Å². The summed E-state index contributed by atoms with van der Waals surface area (Å²) >= 11 is 0. The minimum absolute atomic E-state index is 0.0302. The topological polar surface area (TPSA) is 88.2 Å². The highest BCUT2D eigenvalue weighted by Gasteiger charge is 2.28. The summed E-state index contributed by atoms with van der Waals surface area (Å²) in [6.07, 6.45) is 4.54. The number of hydrogen-bond acceptors (Lipinski definition) is 5. The monoisotopic (exact) mass is 338 g/mol. The van der Waals surface area contributed by atoms with E-state index >= 15 is 0 Å². The fourth-order valence-electron chi connectivity index (χ4n) is 1.82. The first-order valence-corrected chi connectivity index (χ1v) is 8.50. The van der Waals surface area contributed by atoms with Crippen molar-refractivity contribution in [3.8, 4) is 0 Å². The molecule has 0 unspecified atom stereocenters. The van der Waals surface area contributed by atoms with Crippen LogP contribution in [0.5, 0.6) is 0 Å². The summed E-state index contributed by atoms with van der Waals surface area (Å²) in [5.41, 5.74) is 0.896. The molecule has 2 heterocycles. The number of hydrogen-bond donors (Lipinski definition) is 1. The van der Waals surface area contributed by atoms with Gasteiger partial charge in [-0.25, -0.2) is 0 Å². The second-order valence-corrected chi connectivity index (χ2v) is 7.13. The predicted molar refractivity (Wildman–Crippen MR) is 84.7 cm³/mol. The summed E-state index contributed by atoms with van der Waals surface area (Å²) in [6.45, 7) is 3.76. The smallest absolute Gasteiger partial charge is 0.377 e. The summed E-state index contributed by atoms with van der Waals surface area (Å²) in [5.74, 6) is 0. The second kappa shape index (κ2) is 6.37. The Hall–Kier alpha value is -2.42. The van der Waals surface area contributed by atoms with E-state index in [2.05, 4.69) is 5.10 Å². The minimum Gasteiger partial charge on any atom is -0.377 e. The number of rotatable bonds is 4. The molecule has 124 valence electrons. The molecule has 0 aliphatic rings. The molecule has 0 aromatic carbocycles. The first kappa shape index (κ1) is 16.9. The van der Waals surface area contributed by atoms with E-state index in [1.54, 1.807) is 18.3 Å². The SMILES string of the molecule is CC(C)n1ccc(S(=O)(=O)NC(=O)[n+]2ccc(N(C)C)cc2)n1. The largest absolute Gasteiger partial charge is 0.511 e. The summed E-state index contributed by atoms with van der Waals surface area (Å²) < 4.78 is 29.1. The third-order valence-corrected chi connectivity index (χ3v) is 4.38. The lowest BCUT2D eigenvalue weighted by Crippen LogP contribution is -2.51. The van der Waals surface area contributed by atoms with Crippen LogP contribution < -0.4 is 14.2 Å². The molecule has 9 heteroatoms. The van der Waals surface area contributed by atoms with E-state index in [9.17, 15) is 13.2 Å². The number of carbonyl (C=O) groups excluding carboxylic acids is 1. The van der Waals surface area contributed by atoms with Gasteiger partial charge in [-0.05, 0) is 19.9 Å². The van der Waals surface area contributed by atoms with Gasteiger partial charge in [0.05, 0.1) is 0 Å². The van der Waals surface area contributed by atoms with Crippen molar-refractivity contribution in [2.24, 2.45) is 0 Å². The summed E-state index contributed by atoms with van der Waals surface area (Å²) in [5, 5.41) is 3.77. The van der Waals surface area contributed by atoms with Crippen LogP contribution in [-0.4, -0.2) is 38.3 Å². The molecule has 2 aromatic heterocycles. The van der Waals surface area contributed by atoms with Gasteiger partial charge in [-0.15, -0.1) is 4.72 Å². The summed E-state index contributed by atoms with van der Waals surface area (Å²) in [6, 6.07) is 4.03. The third-order valence-electron chi connectivity index (χ3n) is 3.17. The normalized spacial score (nSPS) is 11.5. The van der Waals surface area contributed by atoms with Crippen molar-refractivity contribution in [3.05, 3.63) is 36.8 Å². The standard InChI is InChI=1S/C14H19N5O3S/c1-11(2)19-10-7-13(15-19)23(21,22)16-14(20)18-8-5-12(6-9-18)17(3)4/h5-11H,1-4H3/p+1. The molecule has 0 fully saturated rings. The maximum absolute atomic E-state index is 12.2. The van der Waals surface area contributed by atoms with Crippen molar-refractivity contribution in [3.63, 3.8) is 0 Å². The molecule has 0 saturated heterocycles. The van der Waals surface area contributed by atoms with E-state index in [4.69, 9.17) is 0 Å². The zero-order valence-corrected chi connectivity index (χ0v) is 14.3. The number of amides is 1. The second-order valence-electron chi connectivity index (χ2n) is 5.50. The number of aromatic nitrogens is 3. The van der Waals surface area contributed by atoms with E-state index in [1.807, 2.05) is 37.6 Å². The highest BCUT2D eigenvalue weighted by atomic mass is 32.2. The van der Waals surface area contributed by atoms with Crippen molar-refractivity contribution in [2.75, 3.05) is 19.0 Å². The Morgan fingerprint density at radius 2 is 1.87 bits per heavy atom. The highest BCUT2D eigenvalue weighted by molar-refractivity contribution is 7.90. The van der Waals surface area contributed by atoms with Crippen LogP contribution in [-0.2, 0) is 10.0 Å². The number of nitrogens with zero attached hydrogens (tertiary/aromatic N) is 4. The van der Waals surface area contributed by atoms with E-state index in [-0.39, 0.29) is 11.1 Å². The molecule has 8 nitrogen and oxygen atoms in total. The lowest BCUT2D eigenvalue weighted by atomic mass is 10.4. The molecule has 0 aliphatic carbocycles. The highest BCUT2D eigenvalue weighted by Crippen LogP contribution is 2.09. The van der Waals surface area contributed by atoms with Gasteiger partial charge in [0.25, 0.3) is 0 Å². The number of nitrogens with one attached hydrogen (secondary N) is 1. The Balaban J connectivity index is 2.17. The molecule has 0 atom stereocenters. The van der Waals surface area contributed by atoms with Crippen LogP contribution in [0.25, 0.3) is 0 Å². The Morgan fingerprint density at radius 1 is 1.26 bits per heavy atom.